The fourth-order valence-electron chi connectivity index (χ4n) is 6.04. The number of primary amides is 1. The van der Waals surface area contributed by atoms with E-state index < -0.39 is 128 Å². The SMILES string of the molecule is CC(=O)NC1C(OC2C3COC(O3)C(N)C2OC(C)C(=O)NC(C)C(=O)NC(CCC(=O)NC(CCCCN)C(=O)O)C(N)=O)OC(CO)C(O)C1O. The zero-order valence-electron chi connectivity index (χ0n) is 29.8. The van der Waals surface area contributed by atoms with Crippen molar-refractivity contribution in [2.45, 2.75) is 138 Å². The second kappa shape index (κ2) is 20.2. The summed E-state index contributed by atoms with van der Waals surface area (Å²) in [4.78, 5) is 74.1. The molecular weight excluding hydrogens is 710 g/mol. The predicted molar refractivity (Wildman–Crippen MR) is 178 cm³/mol. The molecule has 53 heavy (non-hydrogen) atoms. The topological polar surface area (TPSA) is 356 Å². The van der Waals surface area contributed by atoms with Crippen molar-refractivity contribution < 1.29 is 72.9 Å². The van der Waals surface area contributed by atoms with E-state index in [1.807, 2.05) is 0 Å². The van der Waals surface area contributed by atoms with Gasteiger partial charge < -0.3 is 82.6 Å². The van der Waals surface area contributed by atoms with Crippen molar-refractivity contribution >= 4 is 35.5 Å². The number of amides is 5. The largest absolute Gasteiger partial charge is 0.480 e. The van der Waals surface area contributed by atoms with E-state index in [0.717, 1.165) is 0 Å². The summed E-state index contributed by atoms with van der Waals surface area (Å²) >= 11 is 0. The third-order valence-electron chi connectivity index (χ3n) is 9.04. The molecule has 0 aromatic carbocycles. The van der Waals surface area contributed by atoms with Crippen LogP contribution in [-0.2, 0) is 52.5 Å². The summed E-state index contributed by atoms with van der Waals surface area (Å²) in [7, 11) is 0. The van der Waals surface area contributed by atoms with Crippen molar-refractivity contribution in [3.63, 3.8) is 0 Å². The van der Waals surface area contributed by atoms with Gasteiger partial charge in [0.1, 0.15) is 66.9 Å². The number of nitrogens with two attached hydrogens (primary N) is 3. The molecule has 3 heterocycles. The fourth-order valence-corrected chi connectivity index (χ4v) is 6.04. The normalized spacial score (nSPS) is 31.7. The molecule has 22 heteroatoms. The third-order valence-corrected chi connectivity index (χ3v) is 9.04. The van der Waals surface area contributed by atoms with Gasteiger partial charge in [-0.05, 0) is 46.1 Å². The first-order valence-corrected chi connectivity index (χ1v) is 17.3. The van der Waals surface area contributed by atoms with Crippen LogP contribution in [-0.4, -0.2) is 161 Å². The van der Waals surface area contributed by atoms with Crippen LogP contribution < -0.4 is 38.5 Å². The quantitative estimate of drug-likeness (QED) is 0.0514. The lowest BCUT2D eigenvalue weighted by molar-refractivity contribution is -0.312. The van der Waals surface area contributed by atoms with Crippen LogP contribution in [0.5, 0.6) is 0 Å². The maximum atomic E-state index is 13.2. The minimum atomic E-state index is -1.61. The fraction of sp³-hybridized carbons (Fsp3) is 0.806. The predicted octanol–water partition coefficient (Wildman–Crippen LogP) is -5.88. The van der Waals surface area contributed by atoms with Gasteiger partial charge in [0, 0.05) is 13.3 Å². The summed E-state index contributed by atoms with van der Waals surface area (Å²) in [5, 5.41) is 49.8. The maximum absolute atomic E-state index is 13.2. The van der Waals surface area contributed by atoms with E-state index in [1.54, 1.807) is 0 Å². The highest BCUT2D eigenvalue weighted by Gasteiger charge is 2.54. The Bertz CT molecular complexity index is 1300. The van der Waals surface area contributed by atoms with Gasteiger partial charge in [-0.15, -0.1) is 0 Å². The molecule has 302 valence electrons. The van der Waals surface area contributed by atoms with Crippen molar-refractivity contribution in [1.29, 1.82) is 0 Å². The van der Waals surface area contributed by atoms with Crippen molar-refractivity contribution in [2.75, 3.05) is 19.8 Å². The molecule has 14 N–H and O–H groups in total. The van der Waals surface area contributed by atoms with E-state index in [-0.39, 0.29) is 25.9 Å². The highest BCUT2D eigenvalue weighted by molar-refractivity contribution is 5.92. The molecule has 0 aromatic rings. The Morgan fingerprint density at radius 3 is 2.23 bits per heavy atom. The van der Waals surface area contributed by atoms with Crippen molar-refractivity contribution in [3.05, 3.63) is 0 Å². The lowest BCUT2D eigenvalue weighted by Crippen LogP contribution is -2.67. The lowest BCUT2D eigenvalue weighted by atomic mass is 9.95. The Kier molecular flexibility index (Phi) is 16.7. The molecule has 22 nitrogen and oxygen atoms in total. The van der Waals surface area contributed by atoms with Crippen LogP contribution in [0, 0.1) is 0 Å². The van der Waals surface area contributed by atoms with E-state index >= 15 is 0 Å². The second-order valence-electron chi connectivity index (χ2n) is 13.2. The van der Waals surface area contributed by atoms with E-state index in [0.29, 0.717) is 19.4 Å². The number of carboxylic acids is 1. The van der Waals surface area contributed by atoms with Crippen LogP contribution in [0.15, 0.2) is 0 Å². The summed E-state index contributed by atoms with van der Waals surface area (Å²) in [5.41, 5.74) is 17.2. The van der Waals surface area contributed by atoms with Gasteiger partial charge in [-0.3, -0.25) is 24.0 Å². The van der Waals surface area contributed by atoms with Crippen molar-refractivity contribution in [2.24, 2.45) is 17.2 Å². The third kappa shape index (κ3) is 12.0. The minimum absolute atomic E-state index is 0.00949. The second-order valence-corrected chi connectivity index (χ2v) is 13.2. The number of aliphatic carboxylic acids is 1. The number of rotatable bonds is 20. The van der Waals surface area contributed by atoms with Crippen molar-refractivity contribution in [1.82, 2.24) is 21.3 Å². The summed E-state index contributed by atoms with van der Waals surface area (Å²) in [6.45, 7) is 3.53. The van der Waals surface area contributed by atoms with Crippen LogP contribution in [0.25, 0.3) is 0 Å². The number of ether oxygens (including phenoxy) is 5. The van der Waals surface area contributed by atoms with E-state index in [2.05, 4.69) is 21.3 Å². The molecule has 0 saturated carbocycles. The van der Waals surface area contributed by atoms with Crippen LogP contribution in [0.3, 0.4) is 0 Å². The van der Waals surface area contributed by atoms with Gasteiger partial charge in [-0.1, -0.05) is 0 Å². The Morgan fingerprint density at radius 1 is 0.925 bits per heavy atom. The first-order valence-electron chi connectivity index (χ1n) is 17.3. The summed E-state index contributed by atoms with van der Waals surface area (Å²) in [6.07, 6.45) is -10.6. The average Bonchev–Trinajstić information content (AvgIpc) is 3.55. The highest BCUT2D eigenvalue weighted by Crippen LogP contribution is 2.34. The number of unbranched alkanes of at least 4 members (excludes halogenated alkanes) is 1. The first kappa shape index (κ1) is 43.8. The molecule has 3 fully saturated rings. The number of hydrogen-bond acceptors (Lipinski definition) is 16. The molecule has 3 rings (SSSR count). The number of carboxylic acid groups (broad SMARTS) is 1. The molecule has 14 atom stereocenters. The van der Waals surface area contributed by atoms with Gasteiger partial charge >= 0.3 is 5.97 Å². The van der Waals surface area contributed by atoms with E-state index in [4.69, 9.17) is 40.9 Å². The molecule has 14 unspecified atom stereocenters. The molecule has 3 saturated heterocycles. The van der Waals surface area contributed by atoms with Gasteiger partial charge in [0.05, 0.1) is 19.3 Å². The Balaban J connectivity index is 1.61. The summed E-state index contributed by atoms with van der Waals surface area (Å²) in [5.74, 6) is -5.06. The number of hydrogen-bond donors (Lipinski definition) is 11. The van der Waals surface area contributed by atoms with Gasteiger partial charge in [0.15, 0.2) is 12.6 Å². The first-order chi connectivity index (χ1) is 25.0. The lowest BCUT2D eigenvalue weighted by Gasteiger charge is -2.46. The minimum Gasteiger partial charge on any atom is -0.480 e. The van der Waals surface area contributed by atoms with Crippen molar-refractivity contribution in [3.8, 4) is 0 Å². The van der Waals surface area contributed by atoms with Crippen LogP contribution >= 0.6 is 0 Å². The molecule has 0 spiro atoms. The number of carbonyl (C=O) groups excluding carboxylic acids is 5. The number of fused-ring (bicyclic) bond motifs is 2. The summed E-state index contributed by atoms with van der Waals surface area (Å²) in [6, 6.07) is -6.06. The van der Waals surface area contributed by atoms with Crippen LogP contribution in [0.2, 0.25) is 0 Å². The molecule has 0 radical (unpaired) electrons. The standard InChI is InChI=1S/C31H53N7O15/c1-12(27(45)38-15(26(34)44)7-8-19(41)37-16(29(47)48)6-4-5-9-32)35-28(46)13(2)50-25-20(33)30-49-11-18(52-30)24(25)53-31-21(36-14(3)40)23(43)22(42)17(10-39)51-31/h12-13,15-18,20-25,30-31,39,42-43H,4-11,32-33H2,1-3H3,(H2,34,44)(H,35,46)(H,36,40)(H,37,41)(H,38,45)(H,47,48). The van der Waals surface area contributed by atoms with Crippen LogP contribution in [0.1, 0.15) is 52.9 Å². The monoisotopic (exact) mass is 763 g/mol. The molecule has 3 aliphatic rings. The molecule has 5 amide bonds. The number of carbonyl (C=O) groups is 6. The van der Waals surface area contributed by atoms with Gasteiger partial charge in [0.2, 0.25) is 29.5 Å². The number of aliphatic hydroxyl groups excluding tert-OH is 3. The molecule has 2 bridgehead atoms. The van der Waals surface area contributed by atoms with E-state index in [1.165, 1.54) is 20.8 Å². The maximum Gasteiger partial charge on any atom is 0.326 e. The smallest absolute Gasteiger partial charge is 0.326 e. The zero-order valence-corrected chi connectivity index (χ0v) is 29.8. The Labute approximate surface area is 305 Å². The number of aliphatic hydroxyl groups is 3. The average molecular weight is 764 g/mol. The Hall–Kier alpha value is -3.58. The van der Waals surface area contributed by atoms with Gasteiger partial charge in [0.25, 0.3) is 0 Å². The summed E-state index contributed by atoms with van der Waals surface area (Å²) < 4.78 is 29.2. The molecule has 3 aliphatic heterocycles. The molecule has 0 aromatic heterocycles. The molecular formula is C31H53N7O15. The zero-order chi connectivity index (χ0) is 39.6. The number of nitrogens with one attached hydrogen (secondary N) is 4. The van der Waals surface area contributed by atoms with Gasteiger partial charge in [-0.25, -0.2) is 4.79 Å². The van der Waals surface area contributed by atoms with Gasteiger partial charge in [-0.2, -0.15) is 0 Å². The van der Waals surface area contributed by atoms with E-state index in [9.17, 15) is 49.2 Å². The molecule has 0 aliphatic carbocycles. The highest BCUT2D eigenvalue weighted by atomic mass is 16.8. The Morgan fingerprint density at radius 2 is 1.62 bits per heavy atom. The van der Waals surface area contributed by atoms with Crippen LogP contribution in [0.4, 0.5) is 0 Å².